The summed E-state index contributed by atoms with van der Waals surface area (Å²) in [5.74, 6) is 2.38. The van der Waals surface area contributed by atoms with E-state index in [4.69, 9.17) is 14.7 Å². The minimum absolute atomic E-state index is 0.0594. The maximum atomic E-state index is 13.5. The summed E-state index contributed by atoms with van der Waals surface area (Å²) < 4.78 is 5.94. The number of ether oxygens (including phenoxy) is 1. The van der Waals surface area contributed by atoms with Crippen LogP contribution in [0.15, 0.2) is 18.2 Å². The number of rotatable bonds is 4. The minimum atomic E-state index is -0.0594. The van der Waals surface area contributed by atoms with Crippen LogP contribution in [0.5, 0.6) is 0 Å². The molecule has 7 heteroatoms. The molecule has 2 aromatic rings. The van der Waals surface area contributed by atoms with Crippen molar-refractivity contribution < 1.29 is 9.53 Å². The zero-order chi connectivity index (χ0) is 24.6. The maximum absolute atomic E-state index is 13.5. The number of hydrogen-bond acceptors (Lipinski definition) is 5. The third-order valence-electron chi connectivity index (χ3n) is 6.76. The van der Waals surface area contributed by atoms with Gasteiger partial charge in [-0.15, -0.1) is 0 Å². The summed E-state index contributed by atoms with van der Waals surface area (Å²) in [7, 11) is 0. The molecule has 4 rings (SSSR count). The number of aryl methyl sites for hydroxylation is 1. The molecule has 7 nitrogen and oxygen atoms in total. The molecule has 2 amide bonds. The van der Waals surface area contributed by atoms with Crippen molar-refractivity contribution in [2.24, 2.45) is 0 Å². The highest BCUT2D eigenvalue weighted by Gasteiger charge is 2.31. The van der Waals surface area contributed by atoms with Crippen LogP contribution >= 0.6 is 0 Å². The van der Waals surface area contributed by atoms with Crippen LogP contribution in [0.3, 0.4) is 0 Å². The molecule has 0 bridgehead atoms. The van der Waals surface area contributed by atoms with Gasteiger partial charge in [0.25, 0.3) is 0 Å². The topological polar surface area (TPSA) is 70.6 Å². The molecule has 0 radical (unpaired) electrons. The molecule has 1 fully saturated rings. The molecule has 34 heavy (non-hydrogen) atoms. The van der Waals surface area contributed by atoms with Gasteiger partial charge < -0.3 is 19.9 Å². The van der Waals surface area contributed by atoms with E-state index in [1.165, 1.54) is 11.1 Å². The monoisotopic (exact) mass is 465 g/mol. The van der Waals surface area contributed by atoms with E-state index in [-0.39, 0.29) is 18.2 Å². The van der Waals surface area contributed by atoms with E-state index in [1.807, 2.05) is 11.8 Å². The first kappa shape index (κ1) is 24.5. The van der Waals surface area contributed by atoms with Crippen LogP contribution in [0.25, 0.3) is 0 Å². The first-order chi connectivity index (χ1) is 16.1. The van der Waals surface area contributed by atoms with Crippen LogP contribution in [0.1, 0.15) is 81.6 Å². The van der Waals surface area contributed by atoms with Crippen molar-refractivity contribution >= 4 is 17.5 Å². The fourth-order valence-corrected chi connectivity index (χ4v) is 5.18. The average molecular weight is 466 g/mol. The lowest BCUT2D eigenvalue weighted by molar-refractivity contribution is -0.00558. The highest BCUT2D eigenvalue weighted by Crippen LogP contribution is 2.34. The third-order valence-corrected chi connectivity index (χ3v) is 6.76. The zero-order valence-electron chi connectivity index (χ0n) is 21.7. The molecule has 1 aromatic carbocycles. The lowest BCUT2D eigenvalue weighted by Crippen LogP contribution is -2.47. The number of carbonyl (C=O) groups excluding carboxylic acids is 1. The van der Waals surface area contributed by atoms with E-state index >= 15 is 0 Å². The normalized spacial score (nSPS) is 20.6. The largest absolute Gasteiger partial charge is 0.372 e. The fraction of sp³-hybridized carbons (Fsp3) is 0.593. The predicted molar refractivity (Wildman–Crippen MR) is 137 cm³/mol. The van der Waals surface area contributed by atoms with Crippen LogP contribution < -0.4 is 10.2 Å². The number of carbonyl (C=O) groups is 1. The molecule has 0 aliphatic carbocycles. The van der Waals surface area contributed by atoms with Gasteiger partial charge in [0.15, 0.2) is 0 Å². The Morgan fingerprint density at radius 2 is 1.68 bits per heavy atom. The highest BCUT2D eigenvalue weighted by atomic mass is 16.5. The number of benzene rings is 1. The molecule has 2 atom stereocenters. The first-order valence-electron chi connectivity index (χ1n) is 12.6. The van der Waals surface area contributed by atoms with Crippen molar-refractivity contribution in [3.63, 3.8) is 0 Å². The number of hydrogen-bond donors (Lipinski definition) is 1. The molecule has 1 aromatic heterocycles. The molecule has 0 spiro atoms. The first-order valence-corrected chi connectivity index (χ1v) is 12.6. The summed E-state index contributed by atoms with van der Waals surface area (Å²) in [5.41, 5.74) is 5.43. The quantitative estimate of drug-likeness (QED) is 0.669. The lowest BCUT2D eigenvalue weighted by atomic mass is 9.92. The van der Waals surface area contributed by atoms with Crippen molar-refractivity contribution in [3.8, 4) is 0 Å². The molecule has 2 unspecified atom stereocenters. The SMILES string of the molecule is Cc1nc2c(c(N3CC(C)OC(C)C3)n1)CN(C(=O)Nc1c(C(C)C)cccc1C(C)C)CC2. The number of fused-ring (bicyclic) bond motifs is 1. The van der Waals surface area contributed by atoms with Crippen molar-refractivity contribution in [1.29, 1.82) is 0 Å². The Bertz CT molecular complexity index is 1020. The van der Waals surface area contributed by atoms with Crippen LogP contribution in [0, 0.1) is 6.92 Å². The Morgan fingerprint density at radius 3 is 2.26 bits per heavy atom. The highest BCUT2D eigenvalue weighted by molar-refractivity contribution is 5.91. The summed E-state index contributed by atoms with van der Waals surface area (Å²) in [5, 5.41) is 3.28. The van der Waals surface area contributed by atoms with Crippen LogP contribution in [-0.4, -0.2) is 52.7 Å². The lowest BCUT2D eigenvalue weighted by Gasteiger charge is -2.39. The number of urea groups is 1. The third kappa shape index (κ3) is 5.04. The second-order valence-corrected chi connectivity index (χ2v) is 10.4. The number of aromatic nitrogens is 2. The predicted octanol–water partition coefficient (Wildman–Crippen LogP) is 5.24. The van der Waals surface area contributed by atoms with Gasteiger partial charge in [0.1, 0.15) is 11.6 Å². The van der Waals surface area contributed by atoms with Gasteiger partial charge in [-0.1, -0.05) is 45.9 Å². The molecule has 184 valence electrons. The van der Waals surface area contributed by atoms with E-state index in [2.05, 4.69) is 70.0 Å². The van der Waals surface area contributed by atoms with Gasteiger partial charge in [-0.25, -0.2) is 14.8 Å². The number of morpholine rings is 1. The smallest absolute Gasteiger partial charge is 0.322 e. The Labute approximate surface area is 203 Å². The van der Waals surface area contributed by atoms with Gasteiger partial charge in [-0.3, -0.25) is 0 Å². The van der Waals surface area contributed by atoms with Gasteiger partial charge >= 0.3 is 6.03 Å². The maximum Gasteiger partial charge on any atom is 0.322 e. The van der Waals surface area contributed by atoms with Gasteiger partial charge in [0, 0.05) is 37.3 Å². The molecule has 2 aliphatic rings. The number of anilines is 2. The van der Waals surface area contributed by atoms with E-state index in [0.717, 1.165) is 48.1 Å². The number of nitrogens with zero attached hydrogens (tertiary/aromatic N) is 4. The Kier molecular flexibility index (Phi) is 7.12. The summed E-state index contributed by atoms with van der Waals surface area (Å²) in [4.78, 5) is 27.3. The molecule has 2 aliphatic heterocycles. The Morgan fingerprint density at radius 1 is 1.06 bits per heavy atom. The van der Waals surface area contributed by atoms with Gasteiger partial charge in [-0.05, 0) is 43.7 Å². The van der Waals surface area contributed by atoms with E-state index in [1.54, 1.807) is 0 Å². The average Bonchev–Trinajstić information content (AvgIpc) is 2.77. The summed E-state index contributed by atoms with van der Waals surface area (Å²) in [6, 6.07) is 6.27. The summed E-state index contributed by atoms with van der Waals surface area (Å²) in [6.45, 7) is 17.6. The molecule has 3 heterocycles. The number of para-hydroxylation sites is 1. The van der Waals surface area contributed by atoms with Crippen molar-refractivity contribution in [1.82, 2.24) is 14.9 Å². The second-order valence-electron chi connectivity index (χ2n) is 10.4. The van der Waals surface area contributed by atoms with E-state index in [0.29, 0.717) is 24.9 Å². The van der Waals surface area contributed by atoms with Gasteiger partial charge in [0.05, 0.1) is 24.4 Å². The number of nitrogens with one attached hydrogen (secondary N) is 1. The standard InChI is InChI=1S/C27H39N5O2/c1-16(2)21-9-8-10-22(17(3)4)25(21)30-27(33)31-12-11-24-23(15-31)26(29-20(7)28-24)32-13-18(5)34-19(6)14-32/h8-10,16-19H,11-15H2,1-7H3,(H,30,33). The molecule has 1 N–H and O–H groups in total. The van der Waals surface area contributed by atoms with E-state index in [9.17, 15) is 4.79 Å². The Balaban J connectivity index is 1.61. The minimum Gasteiger partial charge on any atom is -0.372 e. The zero-order valence-corrected chi connectivity index (χ0v) is 21.7. The molecular formula is C27H39N5O2. The molecule has 0 saturated carbocycles. The fourth-order valence-electron chi connectivity index (χ4n) is 5.18. The molecular weight excluding hydrogens is 426 g/mol. The van der Waals surface area contributed by atoms with Crippen molar-refractivity contribution in [2.45, 2.75) is 85.5 Å². The molecule has 1 saturated heterocycles. The van der Waals surface area contributed by atoms with E-state index < -0.39 is 0 Å². The Hall–Kier alpha value is -2.67. The van der Waals surface area contributed by atoms with Crippen LogP contribution in [0.4, 0.5) is 16.3 Å². The van der Waals surface area contributed by atoms with Crippen LogP contribution in [-0.2, 0) is 17.7 Å². The summed E-state index contributed by atoms with van der Waals surface area (Å²) in [6.07, 6.45) is 1.01. The van der Waals surface area contributed by atoms with Crippen LogP contribution in [0.2, 0.25) is 0 Å². The number of amides is 2. The van der Waals surface area contributed by atoms with Gasteiger partial charge in [-0.2, -0.15) is 0 Å². The van der Waals surface area contributed by atoms with Crippen molar-refractivity contribution in [2.75, 3.05) is 29.9 Å². The van der Waals surface area contributed by atoms with Crippen molar-refractivity contribution in [3.05, 3.63) is 46.4 Å². The summed E-state index contributed by atoms with van der Waals surface area (Å²) >= 11 is 0. The second kappa shape index (κ2) is 9.90. The van der Waals surface area contributed by atoms with Gasteiger partial charge in [0.2, 0.25) is 0 Å².